The van der Waals surface area contributed by atoms with Crippen LogP contribution in [-0.4, -0.2) is 18.8 Å². The summed E-state index contributed by atoms with van der Waals surface area (Å²) in [6, 6.07) is 7.87. The summed E-state index contributed by atoms with van der Waals surface area (Å²) in [4.78, 5) is 0. The molecule has 3 N–H and O–H groups in total. The smallest absolute Gasteiger partial charge is 0.127 e. The average molecular weight is 222 g/mol. The molecule has 1 aromatic carbocycles. The van der Waals surface area contributed by atoms with Crippen LogP contribution in [0.4, 0.5) is 4.39 Å². The first-order valence-electron chi connectivity index (χ1n) is 5.90. The zero-order valence-corrected chi connectivity index (χ0v) is 9.51. The molecule has 16 heavy (non-hydrogen) atoms. The van der Waals surface area contributed by atoms with Gasteiger partial charge in [0.25, 0.3) is 0 Å². The molecule has 0 saturated carbocycles. The van der Waals surface area contributed by atoms with Gasteiger partial charge in [-0.25, -0.2) is 4.39 Å². The Labute approximate surface area is 96.0 Å². The zero-order chi connectivity index (χ0) is 11.4. The fraction of sp³-hybridized carbons (Fsp3) is 0.538. The van der Waals surface area contributed by atoms with Crippen molar-refractivity contribution in [1.82, 2.24) is 5.32 Å². The maximum atomic E-state index is 14.5. The molecule has 0 bridgehead atoms. The van der Waals surface area contributed by atoms with Gasteiger partial charge in [0.05, 0.1) is 0 Å². The maximum Gasteiger partial charge on any atom is 0.127 e. The van der Waals surface area contributed by atoms with Gasteiger partial charge in [-0.05, 0) is 30.5 Å². The molecule has 0 amide bonds. The molecule has 1 aromatic rings. The number of hydrogen-bond acceptors (Lipinski definition) is 2. The lowest BCUT2D eigenvalue weighted by atomic mass is 9.87. The Bertz CT molecular complexity index is 346. The third-order valence-electron chi connectivity index (χ3n) is 3.27. The van der Waals surface area contributed by atoms with Crippen molar-refractivity contribution in [2.75, 3.05) is 13.1 Å². The third kappa shape index (κ3) is 2.60. The molecule has 0 radical (unpaired) electrons. The molecule has 1 saturated heterocycles. The van der Waals surface area contributed by atoms with E-state index in [-0.39, 0.29) is 0 Å². The van der Waals surface area contributed by atoms with Crippen molar-refractivity contribution in [2.24, 2.45) is 5.73 Å². The van der Waals surface area contributed by atoms with Crippen LogP contribution in [0, 0.1) is 0 Å². The number of hydrogen-bond donors (Lipinski definition) is 2. The minimum Gasteiger partial charge on any atom is -0.326 e. The van der Waals surface area contributed by atoms with E-state index in [1.807, 2.05) is 24.3 Å². The molecule has 0 aromatic heterocycles. The molecule has 1 unspecified atom stereocenters. The highest BCUT2D eigenvalue weighted by molar-refractivity contribution is 5.28. The van der Waals surface area contributed by atoms with Gasteiger partial charge in [0.1, 0.15) is 5.67 Å². The Morgan fingerprint density at radius 3 is 2.69 bits per heavy atom. The first-order chi connectivity index (χ1) is 7.73. The predicted octanol–water partition coefficient (Wildman–Crippen LogP) is 1.78. The first-order valence-corrected chi connectivity index (χ1v) is 5.90. The van der Waals surface area contributed by atoms with Crippen molar-refractivity contribution in [3.8, 4) is 0 Å². The molecule has 2 nitrogen and oxygen atoms in total. The van der Waals surface area contributed by atoms with Gasteiger partial charge in [0.15, 0.2) is 0 Å². The van der Waals surface area contributed by atoms with E-state index in [0.717, 1.165) is 24.1 Å². The monoisotopic (exact) mass is 222 g/mol. The molecule has 1 heterocycles. The first kappa shape index (κ1) is 11.6. The molecular formula is C13H19FN2. The van der Waals surface area contributed by atoms with Gasteiger partial charge in [-0.2, -0.15) is 0 Å². The fourth-order valence-electron chi connectivity index (χ4n) is 2.35. The minimum atomic E-state index is -1.09. The van der Waals surface area contributed by atoms with Gasteiger partial charge in [-0.15, -0.1) is 0 Å². The van der Waals surface area contributed by atoms with Gasteiger partial charge in [0, 0.05) is 19.5 Å². The van der Waals surface area contributed by atoms with Gasteiger partial charge in [0.2, 0.25) is 0 Å². The van der Waals surface area contributed by atoms with Crippen LogP contribution in [-0.2, 0) is 13.0 Å². The maximum absolute atomic E-state index is 14.5. The van der Waals surface area contributed by atoms with Gasteiger partial charge >= 0.3 is 0 Å². The van der Waals surface area contributed by atoms with E-state index in [9.17, 15) is 4.39 Å². The summed E-state index contributed by atoms with van der Waals surface area (Å²) >= 11 is 0. The molecule has 88 valence electrons. The summed E-state index contributed by atoms with van der Waals surface area (Å²) in [5.74, 6) is 0. The van der Waals surface area contributed by atoms with Crippen LogP contribution < -0.4 is 11.1 Å². The Morgan fingerprint density at radius 1 is 1.31 bits per heavy atom. The highest BCUT2D eigenvalue weighted by Crippen LogP contribution is 2.26. The molecule has 1 fully saturated rings. The Kier molecular flexibility index (Phi) is 3.56. The number of benzene rings is 1. The molecule has 1 aliphatic rings. The Hall–Kier alpha value is -0.930. The van der Waals surface area contributed by atoms with Crippen LogP contribution in [0.15, 0.2) is 24.3 Å². The van der Waals surface area contributed by atoms with Crippen LogP contribution in [0.3, 0.4) is 0 Å². The lowest BCUT2D eigenvalue weighted by Gasteiger charge is -2.30. The SMILES string of the molecule is NCc1ccccc1CC1(F)CCCNC1. The third-order valence-corrected chi connectivity index (χ3v) is 3.27. The summed E-state index contributed by atoms with van der Waals surface area (Å²) < 4.78 is 14.5. The lowest BCUT2D eigenvalue weighted by molar-refractivity contribution is 0.122. The summed E-state index contributed by atoms with van der Waals surface area (Å²) in [7, 11) is 0. The van der Waals surface area contributed by atoms with E-state index in [0.29, 0.717) is 25.9 Å². The molecule has 0 aliphatic carbocycles. The standard InChI is InChI=1S/C13H19FN2/c14-13(6-3-7-16-10-13)8-11-4-1-2-5-12(11)9-15/h1-2,4-5,16H,3,6-10,15H2. The van der Waals surface area contributed by atoms with Crippen molar-refractivity contribution in [3.05, 3.63) is 35.4 Å². The predicted molar refractivity (Wildman–Crippen MR) is 64.0 cm³/mol. The highest BCUT2D eigenvalue weighted by atomic mass is 19.1. The molecule has 1 atom stereocenters. The molecule has 0 spiro atoms. The number of piperidine rings is 1. The van der Waals surface area contributed by atoms with Gasteiger partial charge in [-0.1, -0.05) is 24.3 Å². The van der Waals surface area contributed by atoms with Crippen LogP contribution in [0.5, 0.6) is 0 Å². The van der Waals surface area contributed by atoms with Crippen molar-refractivity contribution < 1.29 is 4.39 Å². The second-order valence-electron chi connectivity index (χ2n) is 4.58. The van der Waals surface area contributed by atoms with E-state index < -0.39 is 5.67 Å². The van der Waals surface area contributed by atoms with E-state index >= 15 is 0 Å². The van der Waals surface area contributed by atoms with Crippen LogP contribution in [0.1, 0.15) is 24.0 Å². The van der Waals surface area contributed by atoms with E-state index in [1.54, 1.807) is 0 Å². The van der Waals surface area contributed by atoms with Crippen molar-refractivity contribution in [3.63, 3.8) is 0 Å². The van der Waals surface area contributed by atoms with Crippen molar-refractivity contribution in [2.45, 2.75) is 31.5 Å². The summed E-state index contributed by atoms with van der Waals surface area (Å²) in [5, 5.41) is 3.13. The normalized spacial score (nSPS) is 25.6. The second-order valence-corrected chi connectivity index (χ2v) is 4.58. The summed E-state index contributed by atoms with van der Waals surface area (Å²) in [6.07, 6.45) is 2.05. The van der Waals surface area contributed by atoms with Gasteiger partial charge in [-0.3, -0.25) is 0 Å². The second kappa shape index (κ2) is 4.93. The number of nitrogens with two attached hydrogens (primary N) is 1. The number of rotatable bonds is 3. The van der Waals surface area contributed by atoms with E-state index in [2.05, 4.69) is 5.32 Å². The van der Waals surface area contributed by atoms with Crippen LogP contribution >= 0.6 is 0 Å². The lowest BCUT2D eigenvalue weighted by Crippen LogP contribution is -2.43. The molecule has 3 heteroatoms. The number of halogens is 1. The molecular weight excluding hydrogens is 203 g/mol. The van der Waals surface area contributed by atoms with Crippen LogP contribution in [0.25, 0.3) is 0 Å². The topological polar surface area (TPSA) is 38.0 Å². The highest BCUT2D eigenvalue weighted by Gasteiger charge is 2.32. The molecule has 2 rings (SSSR count). The Balaban J connectivity index is 2.12. The minimum absolute atomic E-state index is 0.464. The molecule has 1 aliphatic heterocycles. The summed E-state index contributed by atoms with van der Waals surface area (Å²) in [5.41, 5.74) is 6.68. The van der Waals surface area contributed by atoms with Gasteiger partial charge < -0.3 is 11.1 Å². The number of alkyl halides is 1. The quantitative estimate of drug-likeness (QED) is 0.818. The average Bonchev–Trinajstić information content (AvgIpc) is 2.30. The van der Waals surface area contributed by atoms with Crippen molar-refractivity contribution >= 4 is 0 Å². The van der Waals surface area contributed by atoms with Crippen LogP contribution in [0.2, 0.25) is 0 Å². The van der Waals surface area contributed by atoms with E-state index in [1.165, 1.54) is 0 Å². The van der Waals surface area contributed by atoms with Crippen molar-refractivity contribution in [1.29, 1.82) is 0 Å². The zero-order valence-electron chi connectivity index (χ0n) is 9.51. The Morgan fingerprint density at radius 2 is 2.06 bits per heavy atom. The number of nitrogens with one attached hydrogen (secondary N) is 1. The summed E-state index contributed by atoms with van der Waals surface area (Å²) in [6.45, 7) is 1.88. The fourth-order valence-corrected chi connectivity index (χ4v) is 2.35. The van der Waals surface area contributed by atoms with E-state index in [4.69, 9.17) is 5.73 Å². The largest absolute Gasteiger partial charge is 0.326 e.